The van der Waals surface area contributed by atoms with E-state index in [4.69, 9.17) is 5.11 Å². The fourth-order valence-corrected chi connectivity index (χ4v) is 3.07. The number of carboxylic acid groups (broad SMARTS) is 1. The third-order valence-corrected chi connectivity index (χ3v) is 4.75. The molecule has 0 amide bonds. The van der Waals surface area contributed by atoms with Crippen molar-refractivity contribution >= 4 is 12.0 Å². The summed E-state index contributed by atoms with van der Waals surface area (Å²) >= 11 is 0. The van der Waals surface area contributed by atoms with Crippen LogP contribution in [0.4, 0.5) is 0 Å². The Hall–Kier alpha value is -2.49. The highest BCUT2D eigenvalue weighted by Crippen LogP contribution is 2.30. The summed E-state index contributed by atoms with van der Waals surface area (Å²) in [6, 6.07) is 6.02. The molecule has 1 aliphatic carbocycles. The number of carboxylic acids is 1. The number of hydrogen-bond donors (Lipinski definition) is 1. The first-order chi connectivity index (χ1) is 12.4. The summed E-state index contributed by atoms with van der Waals surface area (Å²) in [5.41, 5.74) is 2.29. The molecule has 0 aromatic heterocycles. The van der Waals surface area contributed by atoms with Crippen molar-refractivity contribution in [1.29, 1.82) is 0 Å². The molecular formula is C22H27NO3. The van der Waals surface area contributed by atoms with Gasteiger partial charge in [-0.25, -0.2) is 4.79 Å². The molecule has 1 unspecified atom stereocenters. The molecule has 0 aliphatic heterocycles. The molecule has 1 aliphatic rings. The first-order valence-corrected chi connectivity index (χ1v) is 9.12. The van der Waals surface area contributed by atoms with E-state index in [1.165, 1.54) is 12.8 Å². The van der Waals surface area contributed by atoms with Crippen LogP contribution in [-0.4, -0.2) is 17.1 Å². The van der Waals surface area contributed by atoms with Crippen molar-refractivity contribution in [3.8, 4) is 0 Å². The average molecular weight is 353 g/mol. The number of nitroso groups, excluding NO2 is 1. The minimum atomic E-state index is -0.951. The van der Waals surface area contributed by atoms with Crippen molar-refractivity contribution in [3.63, 3.8) is 0 Å². The topological polar surface area (TPSA) is 66.7 Å². The van der Waals surface area contributed by atoms with Gasteiger partial charge in [-0.15, -0.1) is 4.91 Å². The van der Waals surface area contributed by atoms with Gasteiger partial charge in [-0.2, -0.15) is 0 Å². The van der Waals surface area contributed by atoms with Crippen LogP contribution in [0.2, 0.25) is 0 Å². The molecule has 1 aromatic carbocycles. The number of rotatable bonds is 5. The molecule has 26 heavy (non-hydrogen) atoms. The Morgan fingerprint density at radius 1 is 1.23 bits per heavy atom. The number of benzene rings is 1. The van der Waals surface area contributed by atoms with Gasteiger partial charge in [0.1, 0.15) is 6.04 Å². The summed E-state index contributed by atoms with van der Waals surface area (Å²) in [5.74, 6) is -0.951. The van der Waals surface area contributed by atoms with Crippen LogP contribution in [0.25, 0.3) is 6.08 Å². The zero-order chi connectivity index (χ0) is 19.0. The lowest BCUT2D eigenvalue weighted by atomic mass is 9.82. The monoisotopic (exact) mass is 353 g/mol. The molecule has 0 heterocycles. The Labute approximate surface area is 155 Å². The van der Waals surface area contributed by atoms with Gasteiger partial charge in [-0.3, -0.25) is 0 Å². The van der Waals surface area contributed by atoms with Crippen LogP contribution in [0.5, 0.6) is 0 Å². The molecule has 2 rings (SSSR count). The zero-order valence-electron chi connectivity index (χ0n) is 15.5. The second-order valence-electron chi connectivity index (χ2n) is 7.56. The molecule has 0 radical (unpaired) electrons. The highest BCUT2D eigenvalue weighted by molar-refractivity contribution is 5.87. The van der Waals surface area contributed by atoms with Crippen LogP contribution in [0.15, 0.2) is 59.3 Å². The molecule has 0 spiro atoms. The third-order valence-electron chi connectivity index (χ3n) is 4.75. The lowest BCUT2D eigenvalue weighted by Crippen LogP contribution is -2.11. The number of nitrogens with zero attached hydrogens (tertiary/aromatic N) is 1. The maximum Gasteiger partial charge on any atom is 0.335 e. The van der Waals surface area contributed by atoms with Crippen molar-refractivity contribution in [2.75, 3.05) is 0 Å². The number of hydrogen-bond acceptors (Lipinski definition) is 3. The van der Waals surface area contributed by atoms with Gasteiger partial charge in [0.25, 0.3) is 0 Å². The SMILES string of the molecule is CC1(C)CC=CC(C(C=Cc2ccc(C(=O)O)cc2)N=O)=CCCCC1. The lowest BCUT2D eigenvalue weighted by molar-refractivity contribution is 0.0697. The predicted molar refractivity (Wildman–Crippen MR) is 106 cm³/mol. The summed E-state index contributed by atoms with van der Waals surface area (Å²) in [7, 11) is 0. The summed E-state index contributed by atoms with van der Waals surface area (Å²) in [4.78, 5) is 22.3. The molecule has 4 heteroatoms. The highest BCUT2D eigenvalue weighted by Gasteiger charge is 2.17. The molecule has 0 saturated carbocycles. The van der Waals surface area contributed by atoms with Crippen LogP contribution in [0, 0.1) is 10.3 Å². The van der Waals surface area contributed by atoms with E-state index < -0.39 is 12.0 Å². The lowest BCUT2D eigenvalue weighted by Gasteiger charge is -2.23. The van der Waals surface area contributed by atoms with Crippen LogP contribution in [0.3, 0.4) is 0 Å². The van der Waals surface area contributed by atoms with Crippen LogP contribution >= 0.6 is 0 Å². The second-order valence-corrected chi connectivity index (χ2v) is 7.56. The van der Waals surface area contributed by atoms with Gasteiger partial charge < -0.3 is 5.11 Å². The first-order valence-electron chi connectivity index (χ1n) is 9.12. The standard InChI is InChI=1S/C22H27NO3/c1-22(2)15-5-3-4-7-18(8-6-16-22)20(23-26)14-11-17-9-12-19(13-10-17)21(24)25/h6-14,20H,3-5,15-16H2,1-2H3,(H,24,25). The van der Waals surface area contributed by atoms with Crippen LogP contribution < -0.4 is 0 Å². The molecule has 4 nitrogen and oxygen atoms in total. The minimum Gasteiger partial charge on any atom is -0.478 e. The van der Waals surface area contributed by atoms with Crippen LogP contribution in [0.1, 0.15) is 61.9 Å². The zero-order valence-corrected chi connectivity index (χ0v) is 15.5. The molecule has 1 atom stereocenters. The maximum atomic E-state index is 11.4. The molecule has 1 N–H and O–H groups in total. The summed E-state index contributed by atoms with van der Waals surface area (Å²) in [5, 5.41) is 12.2. The Balaban J connectivity index is 2.14. The summed E-state index contributed by atoms with van der Waals surface area (Å²) < 4.78 is 0. The molecule has 0 saturated heterocycles. The van der Waals surface area contributed by atoms with E-state index >= 15 is 0 Å². The highest BCUT2D eigenvalue weighted by atomic mass is 16.4. The van der Waals surface area contributed by atoms with E-state index in [2.05, 4.69) is 31.2 Å². The summed E-state index contributed by atoms with van der Waals surface area (Å²) in [6.07, 6.45) is 15.3. The first kappa shape index (κ1) is 19.8. The Bertz CT molecular complexity index is 711. The molecule has 0 bridgehead atoms. The van der Waals surface area contributed by atoms with Gasteiger partial charge in [0.15, 0.2) is 0 Å². The van der Waals surface area contributed by atoms with E-state index in [-0.39, 0.29) is 11.0 Å². The Morgan fingerprint density at radius 2 is 1.96 bits per heavy atom. The Morgan fingerprint density at radius 3 is 2.62 bits per heavy atom. The van der Waals surface area contributed by atoms with Gasteiger partial charge >= 0.3 is 5.97 Å². The van der Waals surface area contributed by atoms with E-state index in [9.17, 15) is 9.70 Å². The van der Waals surface area contributed by atoms with Crippen molar-refractivity contribution in [2.45, 2.75) is 52.0 Å². The van der Waals surface area contributed by atoms with Crippen molar-refractivity contribution < 1.29 is 9.90 Å². The van der Waals surface area contributed by atoms with Crippen LogP contribution in [-0.2, 0) is 0 Å². The van der Waals surface area contributed by atoms with Crippen molar-refractivity contribution in [2.24, 2.45) is 10.6 Å². The fourth-order valence-electron chi connectivity index (χ4n) is 3.07. The van der Waals surface area contributed by atoms with Crippen molar-refractivity contribution in [1.82, 2.24) is 0 Å². The number of aromatic carboxylic acids is 1. The van der Waals surface area contributed by atoms with E-state index in [0.717, 1.165) is 30.4 Å². The normalized spacial score (nSPS) is 18.9. The van der Waals surface area contributed by atoms with E-state index in [1.807, 2.05) is 12.2 Å². The quantitative estimate of drug-likeness (QED) is 0.660. The number of carbonyl (C=O) groups is 1. The van der Waals surface area contributed by atoms with E-state index in [1.54, 1.807) is 30.3 Å². The second kappa shape index (κ2) is 9.27. The Kier molecular flexibility index (Phi) is 7.07. The van der Waals surface area contributed by atoms with Gasteiger partial charge in [-0.05, 0) is 54.4 Å². The minimum absolute atomic E-state index is 0.243. The van der Waals surface area contributed by atoms with Crippen molar-refractivity contribution in [3.05, 3.63) is 70.2 Å². The van der Waals surface area contributed by atoms with Gasteiger partial charge in [0.05, 0.1) is 5.56 Å². The van der Waals surface area contributed by atoms with Gasteiger partial charge in [0, 0.05) is 0 Å². The summed E-state index contributed by atoms with van der Waals surface area (Å²) in [6.45, 7) is 4.55. The smallest absolute Gasteiger partial charge is 0.335 e. The fraction of sp³-hybridized carbons (Fsp3) is 0.409. The molecule has 0 fully saturated rings. The number of allylic oxidation sites excluding steroid dienone is 2. The largest absolute Gasteiger partial charge is 0.478 e. The molecular weight excluding hydrogens is 326 g/mol. The van der Waals surface area contributed by atoms with Gasteiger partial charge in [0.2, 0.25) is 0 Å². The molecule has 138 valence electrons. The maximum absolute atomic E-state index is 11.4. The van der Waals surface area contributed by atoms with Gasteiger partial charge in [-0.1, -0.05) is 68.0 Å². The average Bonchev–Trinajstić information content (AvgIpc) is 2.61. The predicted octanol–water partition coefficient (Wildman–Crippen LogP) is 6.01. The molecule has 1 aromatic rings. The third kappa shape index (κ3) is 6.10. The van der Waals surface area contributed by atoms with E-state index in [0.29, 0.717) is 0 Å².